The van der Waals surface area contributed by atoms with Crippen molar-refractivity contribution in [3.05, 3.63) is 34.6 Å². The van der Waals surface area contributed by atoms with E-state index in [-0.39, 0.29) is 0 Å². The van der Waals surface area contributed by atoms with Crippen LogP contribution < -0.4 is 0 Å². The van der Waals surface area contributed by atoms with Gasteiger partial charge in [0.25, 0.3) is 0 Å². The summed E-state index contributed by atoms with van der Waals surface area (Å²) in [6.07, 6.45) is 2.92. The van der Waals surface area contributed by atoms with E-state index >= 15 is 0 Å². The number of hydrogen-bond acceptors (Lipinski definition) is 4. The van der Waals surface area contributed by atoms with E-state index in [1.54, 1.807) is 18.3 Å². The maximum absolute atomic E-state index is 10.4. The second-order valence-corrected chi connectivity index (χ2v) is 2.18. The van der Waals surface area contributed by atoms with E-state index in [0.29, 0.717) is 15.8 Å². The Morgan fingerprint density at radius 2 is 2.42 bits per heavy atom. The van der Waals surface area contributed by atoms with Crippen LogP contribution in [0.25, 0.3) is 11.0 Å². The number of nitrogens with zero attached hydrogens (tertiary/aromatic N) is 4. The standard InChI is InChI=1S/C6H4N4O2/c11-10(12)9-6-2-1-3-7-5(6)4-8-9/h1-4H. The van der Waals surface area contributed by atoms with Crippen LogP contribution in [0, 0.1) is 10.1 Å². The molecule has 0 fully saturated rings. The average molecular weight is 164 g/mol. The molecule has 6 heteroatoms. The molecule has 2 heterocycles. The zero-order valence-corrected chi connectivity index (χ0v) is 5.91. The predicted octanol–water partition coefficient (Wildman–Crippen LogP) is 0.471. The van der Waals surface area contributed by atoms with Crippen LogP contribution in [0.4, 0.5) is 0 Å². The van der Waals surface area contributed by atoms with Crippen LogP contribution in [0.1, 0.15) is 0 Å². The Morgan fingerprint density at radius 1 is 1.58 bits per heavy atom. The van der Waals surface area contributed by atoms with Gasteiger partial charge in [0.05, 0.1) is 5.03 Å². The van der Waals surface area contributed by atoms with Gasteiger partial charge >= 0.3 is 0 Å². The lowest BCUT2D eigenvalue weighted by Crippen LogP contribution is -2.09. The normalized spacial score (nSPS) is 10.3. The summed E-state index contributed by atoms with van der Waals surface area (Å²) in [6.45, 7) is 0. The molecule has 2 aromatic rings. The third-order valence-corrected chi connectivity index (χ3v) is 1.48. The molecular formula is C6H4N4O2. The van der Waals surface area contributed by atoms with E-state index in [1.807, 2.05) is 0 Å². The largest absolute Gasteiger partial charge is 0.339 e. The van der Waals surface area contributed by atoms with Crippen LogP contribution in [0.2, 0.25) is 0 Å². The van der Waals surface area contributed by atoms with Crippen molar-refractivity contribution in [2.75, 3.05) is 0 Å². The summed E-state index contributed by atoms with van der Waals surface area (Å²) >= 11 is 0. The summed E-state index contributed by atoms with van der Waals surface area (Å²) in [5.74, 6) is 0. The highest BCUT2D eigenvalue weighted by molar-refractivity contribution is 5.72. The minimum atomic E-state index is -0.593. The van der Waals surface area contributed by atoms with Gasteiger partial charge in [-0.15, -0.1) is 0 Å². The van der Waals surface area contributed by atoms with Crippen LogP contribution in [-0.4, -0.2) is 19.9 Å². The molecular weight excluding hydrogens is 160 g/mol. The molecule has 0 unspecified atom stereocenters. The molecule has 0 aromatic carbocycles. The Kier molecular flexibility index (Phi) is 1.26. The van der Waals surface area contributed by atoms with Gasteiger partial charge in [-0.3, -0.25) is 4.98 Å². The third kappa shape index (κ3) is 0.815. The van der Waals surface area contributed by atoms with Gasteiger partial charge in [-0.2, -0.15) is 0 Å². The maximum Gasteiger partial charge on any atom is 0.194 e. The summed E-state index contributed by atoms with van der Waals surface area (Å²) in [6, 6.07) is 3.22. The number of rotatable bonds is 1. The molecule has 0 bridgehead atoms. The average Bonchev–Trinajstić information content (AvgIpc) is 2.47. The highest BCUT2D eigenvalue weighted by Crippen LogP contribution is 2.08. The molecule has 6 nitrogen and oxygen atoms in total. The Hall–Kier alpha value is -1.98. The van der Waals surface area contributed by atoms with Gasteiger partial charge in [0.2, 0.25) is 0 Å². The monoisotopic (exact) mass is 164 g/mol. The van der Waals surface area contributed by atoms with Crippen molar-refractivity contribution in [2.45, 2.75) is 0 Å². The molecule has 60 valence electrons. The molecule has 2 rings (SSSR count). The van der Waals surface area contributed by atoms with Crippen LogP contribution in [0.5, 0.6) is 0 Å². The molecule has 0 aliphatic rings. The van der Waals surface area contributed by atoms with E-state index in [1.165, 1.54) is 6.20 Å². The summed E-state index contributed by atoms with van der Waals surface area (Å²) < 4.78 is 0. The van der Waals surface area contributed by atoms with Crippen molar-refractivity contribution >= 4 is 11.0 Å². The van der Waals surface area contributed by atoms with Crippen LogP contribution in [0.15, 0.2) is 24.5 Å². The van der Waals surface area contributed by atoms with E-state index in [2.05, 4.69) is 10.1 Å². The first kappa shape index (κ1) is 6.71. The molecule has 0 saturated heterocycles. The molecule has 0 N–H and O–H groups in total. The number of pyridine rings is 1. The zero-order chi connectivity index (χ0) is 8.55. The minimum Gasteiger partial charge on any atom is -0.339 e. The van der Waals surface area contributed by atoms with E-state index in [4.69, 9.17) is 0 Å². The van der Waals surface area contributed by atoms with Gasteiger partial charge in [0.15, 0.2) is 11.7 Å². The number of nitro groups is 1. The van der Waals surface area contributed by atoms with Gasteiger partial charge in [-0.1, -0.05) is 0 Å². The van der Waals surface area contributed by atoms with Gasteiger partial charge in [-0.25, -0.2) is 0 Å². The summed E-state index contributed by atoms with van der Waals surface area (Å²) in [5.41, 5.74) is 0.928. The maximum atomic E-state index is 10.4. The Morgan fingerprint density at radius 3 is 3.17 bits per heavy atom. The van der Waals surface area contributed by atoms with Gasteiger partial charge in [-0.05, 0) is 12.1 Å². The number of hydrogen-bond donors (Lipinski definition) is 0. The molecule has 12 heavy (non-hydrogen) atoms. The first-order valence-corrected chi connectivity index (χ1v) is 3.22. The Balaban J connectivity index is 2.79. The molecule has 0 radical (unpaired) electrons. The van der Waals surface area contributed by atoms with Gasteiger partial charge in [0.1, 0.15) is 5.52 Å². The van der Waals surface area contributed by atoms with Gasteiger partial charge < -0.3 is 10.1 Å². The Labute approximate surface area is 66.6 Å². The van der Waals surface area contributed by atoms with Gasteiger partial charge in [0, 0.05) is 16.1 Å². The smallest absolute Gasteiger partial charge is 0.194 e. The van der Waals surface area contributed by atoms with E-state index in [0.717, 1.165) is 0 Å². The summed E-state index contributed by atoms with van der Waals surface area (Å²) in [5, 5.41) is 13.3. The minimum absolute atomic E-state index is 0.405. The quantitative estimate of drug-likeness (QED) is 0.453. The van der Waals surface area contributed by atoms with Crippen LogP contribution >= 0.6 is 0 Å². The molecule has 2 aromatic heterocycles. The fourth-order valence-electron chi connectivity index (χ4n) is 0.979. The second-order valence-electron chi connectivity index (χ2n) is 2.18. The fraction of sp³-hybridized carbons (Fsp3) is 0. The van der Waals surface area contributed by atoms with Crippen LogP contribution in [0.3, 0.4) is 0 Å². The fourth-order valence-corrected chi connectivity index (χ4v) is 0.979. The topological polar surface area (TPSA) is 73.8 Å². The zero-order valence-electron chi connectivity index (χ0n) is 5.91. The molecule has 0 spiro atoms. The molecule has 0 saturated carbocycles. The highest BCUT2D eigenvalue weighted by atomic mass is 16.7. The number of fused-ring (bicyclic) bond motifs is 1. The van der Waals surface area contributed by atoms with Crippen molar-refractivity contribution in [2.24, 2.45) is 0 Å². The Bertz CT molecular complexity index is 436. The predicted molar refractivity (Wildman–Crippen MR) is 39.9 cm³/mol. The van der Waals surface area contributed by atoms with Crippen molar-refractivity contribution in [1.29, 1.82) is 0 Å². The third-order valence-electron chi connectivity index (χ3n) is 1.48. The molecule has 0 aliphatic heterocycles. The lowest BCUT2D eigenvalue weighted by molar-refractivity contribution is -0.548. The number of aromatic nitrogens is 3. The lowest BCUT2D eigenvalue weighted by atomic mass is 10.4. The lowest BCUT2D eigenvalue weighted by Gasteiger charge is -1.91. The summed E-state index contributed by atoms with van der Waals surface area (Å²) in [4.78, 5) is 14.9. The molecule has 0 amide bonds. The van der Waals surface area contributed by atoms with Crippen molar-refractivity contribution < 1.29 is 5.03 Å². The van der Waals surface area contributed by atoms with E-state index < -0.39 is 5.03 Å². The summed E-state index contributed by atoms with van der Waals surface area (Å²) in [7, 11) is 0. The first-order chi connectivity index (χ1) is 5.79. The van der Waals surface area contributed by atoms with Crippen molar-refractivity contribution in [3.63, 3.8) is 0 Å². The first-order valence-electron chi connectivity index (χ1n) is 3.22. The SMILES string of the molecule is O=[N+]([O-])n1ncc2ncccc21. The van der Waals surface area contributed by atoms with Crippen molar-refractivity contribution in [3.8, 4) is 0 Å². The highest BCUT2D eigenvalue weighted by Gasteiger charge is 2.10. The molecule has 0 atom stereocenters. The van der Waals surface area contributed by atoms with Crippen molar-refractivity contribution in [1.82, 2.24) is 14.9 Å². The molecule has 0 aliphatic carbocycles. The van der Waals surface area contributed by atoms with E-state index in [9.17, 15) is 10.1 Å². The second kappa shape index (κ2) is 2.26. The van der Waals surface area contributed by atoms with Crippen LogP contribution in [-0.2, 0) is 0 Å².